The van der Waals surface area contributed by atoms with Crippen LogP contribution in [0.2, 0.25) is 0 Å². The van der Waals surface area contributed by atoms with Gasteiger partial charge in [-0.15, -0.1) is 0 Å². The van der Waals surface area contributed by atoms with Crippen molar-refractivity contribution in [1.82, 2.24) is 0 Å². The molecule has 7 N–H and O–H groups in total. The van der Waals surface area contributed by atoms with Gasteiger partial charge in [-0.05, 0) is 38.5 Å². The Morgan fingerprint density at radius 2 is 0.967 bits per heavy atom. The van der Waals surface area contributed by atoms with Crippen LogP contribution in [0.25, 0.3) is 0 Å². The molecule has 0 saturated carbocycles. The molecule has 2 fully saturated rings. The molecule has 2 rings (SSSR count). The minimum absolute atomic E-state index is 0.0622. The van der Waals surface area contributed by atoms with E-state index < -0.39 is 80.7 Å². The summed E-state index contributed by atoms with van der Waals surface area (Å²) in [7, 11) is 0. The van der Waals surface area contributed by atoms with Gasteiger partial charge in [0, 0.05) is 13.0 Å². The van der Waals surface area contributed by atoms with E-state index in [2.05, 4.69) is 26.0 Å². The third-order valence-corrected chi connectivity index (χ3v) is 11.8. The van der Waals surface area contributed by atoms with Crippen LogP contribution in [-0.2, 0) is 33.2 Å². The van der Waals surface area contributed by atoms with Gasteiger partial charge in [-0.2, -0.15) is 0 Å². The van der Waals surface area contributed by atoms with E-state index in [1.54, 1.807) is 0 Å². The standard InChI is InChI=1S/C47H88O14/c1-3-5-7-9-11-13-15-16-17-18-19-21-23-25-27-29-31-56-33-36(59-39(49)30-28-26-24-22-20-14-12-10-8-6-4-2)34-57-46-45(55)43(53)41(51)38(61-46)35-58-47-44(54)42(52)40(50)37(32-48)60-47/h16-17,36-38,40-48,50-55H,3-15,18-35H2,1-2H3/b17-16-. The van der Waals surface area contributed by atoms with Crippen molar-refractivity contribution in [2.75, 3.05) is 33.0 Å². The van der Waals surface area contributed by atoms with Crippen molar-refractivity contribution < 1.29 is 69.0 Å². The van der Waals surface area contributed by atoms with Crippen LogP contribution in [-0.4, -0.2) is 142 Å². The summed E-state index contributed by atoms with van der Waals surface area (Å²) in [5, 5.41) is 71.9. The highest BCUT2D eigenvalue weighted by molar-refractivity contribution is 5.69. The van der Waals surface area contributed by atoms with Crippen molar-refractivity contribution in [2.24, 2.45) is 0 Å². The average Bonchev–Trinajstić information content (AvgIpc) is 3.25. The Hall–Kier alpha value is -1.27. The molecule has 61 heavy (non-hydrogen) atoms. The predicted octanol–water partition coefficient (Wildman–Crippen LogP) is 6.29. The average molecular weight is 877 g/mol. The van der Waals surface area contributed by atoms with Gasteiger partial charge in [0.05, 0.1) is 26.4 Å². The zero-order chi connectivity index (χ0) is 44.5. The Kier molecular flexibility index (Phi) is 33.0. The molecule has 360 valence electrons. The lowest BCUT2D eigenvalue weighted by Gasteiger charge is -2.42. The molecule has 2 saturated heterocycles. The number of hydrogen-bond donors (Lipinski definition) is 7. The fourth-order valence-electron chi connectivity index (χ4n) is 7.75. The number of rotatable bonds is 38. The number of ether oxygens (including phenoxy) is 6. The second kappa shape index (κ2) is 36.0. The van der Waals surface area contributed by atoms with E-state index in [-0.39, 0.29) is 25.6 Å². The quantitative estimate of drug-likeness (QED) is 0.0206. The normalized spacial score (nSPS) is 27.5. The van der Waals surface area contributed by atoms with Crippen LogP contribution in [0.3, 0.4) is 0 Å². The molecule has 0 aromatic rings. The molecule has 0 radical (unpaired) electrons. The van der Waals surface area contributed by atoms with Crippen LogP contribution < -0.4 is 0 Å². The van der Waals surface area contributed by atoms with Gasteiger partial charge in [-0.1, -0.05) is 148 Å². The van der Waals surface area contributed by atoms with E-state index in [4.69, 9.17) is 28.4 Å². The molecule has 0 aliphatic carbocycles. The number of esters is 1. The lowest BCUT2D eigenvalue weighted by atomic mass is 9.98. The maximum Gasteiger partial charge on any atom is 0.306 e. The summed E-state index contributed by atoms with van der Waals surface area (Å²) in [5.41, 5.74) is 0. The van der Waals surface area contributed by atoms with Gasteiger partial charge in [0.2, 0.25) is 0 Å². The summed E-state index contributed by atoms with van der Waals surface area (Å²) in [4.78, 5) is 12.9. The van der Waals surface area contributed by atoms with Crippen molar-refractivity contribution in [3.05, 3.63) is 12.2 Å². The molecule has 0 aromatic carbocycles. The molecular weight excluding hydrogens is 789 g/mol. The van der Waals surface area contributed by atoms with E-state index in [1.165, 1.54) is 109 Å². The lowest BCUT2D eigenvalue weighted by molar-refractivity contribution is -0.332. The summed E-state index contributed by atoms with van der Waals surface area (Å²) in [6.07, 6.45) is 18.5. The number of aliphatic hydroxyl groups excluding tert-OH is 7. The van der Waals surface area contributed by atoms with Crippen LogP contribution in [0.15, 0.2) is 12.2 Å². The first kappa shape index (κ1) is 55.9. The molecule has 2 heterocycles. The highest BCUT2D eigenvalue weighted by Gasteiger charge is 2.47. The molecule has 0 aromatic heterocycles. The van der Waals surface area contributed by atoms with E-state index in [1.807, 2.05) is 0 Å². The van der Waals surface area contributed by atoms with E-state index >= 15 is 0 Å². The smallest absolute Gasteiger partial charge is 0.306 e. The SMILES string of the molecule is CCCCCCCC/C=C\CCCCCCCCOCC(COC1OC(COC2OC(CO)C(O)C(O)C2O)C(O)C(O)C1O)OC(=O)CCCCCCCCCCCCC. The summed E-state index contributed by atoms with van der Waals surface area (Å²) in [6.45, 7) is 3.67. The van der Waals surface area contributed by atoms with Gasteiger partial charge in [0.25, 0.3) is 0 Å². The van der Waals surface area contributed by atoms with Gasteiger partial charge < -0.3 is 64.2 Å². The summed E-state index contributed by atoms with van der Waals surface area (Å²) >= 11 is 0. The van der Waals surface area contributed by atoms with Gasteiger partial charge in [-0.25, -0.2) is 0 Å². The second-order valence-electron chi connectivity index (χ2n) is 17.3. The van der Waals surface area contributed by atoms with Gasteiger partial charge >= 0.3 is 5.97 Å². The number of carbonyl (C=O) groups is 1. The zero-order valence-electron chi connectivity index (χ0n) is 37.9. The van der Waals surface area contributed by atoms with Crippen molar-refractivity contribution in [1.29, 1.82) is 0 Å². The van der Waals surface area contributed by atoms with Crippen molar-refractivity contribution in [2.45, 2.75) is 248 Å². The first-order valence-corrected chi connectivity index (χ1v) is 24.3. The monoisotopic (exact) mass is 877 g/mol. The number of aliphatic hydroxyl groups is 7. The predicted molar refractivity (Wildman–Crippen MR) is 234 cm³/mol. The largest absolute Gasteiger partial charge is 0.457 e. The number of unbranched alkanes of at least 4 members (excludes halogenated alkanes) is 22. The molecule has 2 aliphatic heterocycles. The van der Waals surface area contributed by atoms with E-state index in [0.717, 1.165) is 44.9 Å². The lowest BCUT2D eigenvalue weighted by Crippen LogP contribution is -2.61. The van der Waals surface area contributed by atoms with Crippen LogP contribution in [0.4, 0.5) is 0 Å². The van der Waals surface area contributed by atoms with Gasteiger partial charge in [0.1, 0.15) is 54.9 Å². The number of hydrogen-bond acceptors (Lipinski definition) is 14. The fraction of sp³-hybridized carbons (Fsp3) is 0.936. The molecule has 14 nitrogen and oxygen atoms in total. The third-order valence-electron chi connectivity index (χ3n) is 11.8. The highest BCUT2D eigenvalue weighted by Crippen LogP contribution is 2.26. The second-order valence-corrected chi connectivity index (χ2v) is 17.3. The van der Waals surface area contributed by atoms with Gasteiger partial charge in [0.15, 0.2) is 12.6 Å². The number of carbonyl (C=O) groups excluding carboxylic acids is 1. The molecule has 14 heteroatoms. The Morgan fingerprint density at radius 3 is 1.49 bits per heavy atom. The minimum Gasteiger partial charge on any atom is -0.457 e. The fourth-order valence-corrected chi connectivity index (χ4v) is 7.75. The molecule has 2 aliphatic rings. The van der Waals surface area contributed by atoms with Crippen LogP contribution in [0.1, 0.15) is 181 Å². The highest BCUT2D eigenvalue weighted by atomic mass is 16.7. The Morgan fingerprint density at radius 1 is 0.525 bits per heavy atom. The molecular formula is C47H88O14. The zero-order valence-corrected chi connectivity index (χ0v) is 37.9. The Labute approximate surface area is 367 Å². The number of allylic oxidation sites excluding steroid dienone is 2. The Bertz CT molecular complexity index is 1060. The van der Waals surface area contributed by atoms with E-state index in [9.17, 15) is 40.5 Å². The van der Waals surface area contributed by atoms with Crippen molar-refractivity contribution >= 4 is 5.97 Å². The third kappa shape index (κ3) is 24.6. The van der Waals surface area contributed by atoms with Crippen molar-refractivity contribution in [3.63, 3.8) is 0 Å². The summed E-state index contributed by atoms with van der Waals surface area (Å²) in [6, 6.07) is 0. The van der Waals surface area contributed by atoms with Crippen molar-refractivity contribution in [3.8, 4) is 0 Å². The maximum absolute atomic E-state index is 12.9. The van der Waals surface area contributed by atoms with Crippen LogP contribution in [0, 0.1) is 0 Å². The van der Waals surface area contributed by atoms with Crippen LogP contribution >= 0.6 is 0 Å². The molecule has 0 spiro atoms. The van der Waals surface area contributed by atoms with E-state index in [0.29, 0.717) is 13.0 Å². The topological polar surface area (TPSA) is 214 Å². The summed E-state index contributed by atoms with van der Waals surface area (Å²) < 4.78 is 34.2. The maximum atomic E-state index is 12.9. The van der Waals surface area contributed by atoms with Crippen LogP contribution in [0.5, 0.6) is 0 Å². The Balaban J connectivity index is 1.79. The first-order valence-electron chi connectivity index (χ1n) is 24.3. The molecule has 0 bridgehead atoms. The first-order chi connectivity index (χ1) is 29.6. The molecule has 0 amide bonds. The summed E-state index contributed by atoms with van der Waals surface area (Å²) in [5.74, 6) is -0.378. The molecule has 11 atom stereocenters. The minimum atomic E-state index is -1.70. The molecule has 11 unspecified atom stereocenters. The van der Waals surface area contributed by atoms with Gasteiger partial charge in [-0.3, -0.25) is 4.79 Å².